The van der Waals surface area contributed by atoms with Gasteiger partial charge in [0, 0.05) is 12.8 Å². The molecule has 0 spiro atoms. The van der Waals surface area contributed by atoms with Crippen LogP contribution in [0.4, 0.5) is 0 Å². The topological polar surface area (TPSA) is 149 Å². The van der Waals surface area contributed by atoms with Gasteiger partial charge >= 0.3 is 19.8 Å². The molecule has 10 nitrogen and oxygen atoms in total. The van der Waals surface area contributed by atoms with Gasteiger partial charge in [0.2, 0.25) is 0 Å². The third kappa shape index (κ3) is 36.9. The number of esters is 2. The number of hydrogen-bond donors (Lipinski definition) is 3. The van der Waals surface area contributed by atoms with Crippen molar-refractivity contribution in [2.45, 2.75) is 187 Å². The van der Waals surface area contributed by atoms with Gasteiger partial charge in [0.15, 0.2) is 0 Å². The molecule has 0 amide bonds. The molecule has 0 saturated heterocycles. The highest BCUT2D eigenvalue weighted by Crippen LogP contribution is 2.43. The Morgan fingerprint density at radius 1 is 0.500 bits per heavy atom. The van der Waals surface area contributed by atoms with E-state index >= 15 is 0 Å². The van der Waals surface area contributed by atoms with Crippen LogP contribution in [0.3, 0.4) is 0 Å². The summed E-state index contributed by atoms with van der Waals surface area (Å²) in [6, 6.07) is 0. The summed E-state index contributed by atoms with van der Waals surface area (Å²) < 4.78 is 32.5. The normalized spacial score (nSPS) is 14.4. The molecular weight excluding hydrogens is 707 g/mol. The maximum atomic E-state index is 12.3. The SMILES string of the molecule is CCCCC/C=C\C/C=C\CCCCCCCC(=O)OC(CO)COP(=O)(O)OCC(CO)OC(=O)CCCCCCC/C=C\C/C=C\CCCCCC. The molecule has 0 aromatic carbocycles. The summed E-state index contributed by atoms with van der Waals surface area (Å²) in [6.07, 6.45) is 40.8. The van der Waals surface area contributed by atoms with Crippen LogP contribution in [0.5, 0.6) is 0 Å². The summed E-state index contributed by atoms with van der Waals surface area (Å²) in [5.41, 5.74) is 0. The minimum absolute atomic E-state index is 0.174. The second-order valence-electron chi connectivity index (χ2n) is 14.0. The molecule has 0 fully saturated rings. The highest BCUT2D eigenvalue weighted by molar-refractivity contribution is 7.47. The molecule has 11 heteroatoms. The second-order valence-corrected chi connectivity index (χ2v) is 15.4. The first kappa shape index (κ1) is 51.9. The zero-order valence-corrected chi connectivity index (χ0v) is 34.8. The Morgan fingerprint density at radius 2 is 0.815 bits per heavy atom. The lowest BCUT2D eigenvalue weighted by atomic mass is 10.1. The van der Waals surface area contributed by atoms with Crippen molar-refractivity contribution in [1.82, 2.24) is 0 Å². The number of carbonyl (C=O) groups is 2. The number of phosphoric ester groups is 1. The largest absolute Gasteiger partial charge is 0.472 e. The maximum Gasteiger partial charge on any atom is 0.472 e. The van der Waals surface area contributed by atoms with Crippen LogP contribution >= 0.6 is 7.82 Å². The molecular formula is C43H77O10P. The fourth-order valence-electron chi connectivity index (χ4n) is 5.47. The van der Waals surface area contributed by atoms with Crippen molar-refractivity contribution in [2.75, 3.05) is 26.4 Å². The summed E-state index contributed by atoms with van der Waals surface area (Å²) in [7, 11) is -4.64. The minimum Gasteiger partial charge on any atom is -0.457 e. The van der Waals surface area contributed by atoms with Crippen molar-refractivity contribution in [2.24, 2.45) is 0 Å². The molecule has 0 aliphatic heterocycles. The highest BCUT2D eigenvalue weighted by Gasteiger charge is 2.27. The average Bonchev–Trinajstić information content (AvgIpc) is 3.16. The molecule has 3 N–H and O–H groups in total. The molecule has 0 bridgehead atoms. The second kappa shape index (κ2) is 39.2. The Morgan fingerprint density at radius 3 is 1.19 bits per heavy atom. The zero-order chi connectivity index (χ0) is 39.8. The summed E-state index contributed by atoms with van der Waals surface area (Å²) >= 11 is 0. The standard InChI is InChI=1S/C43H77O10P/c1-3-5-7-9-11-13-15-17-19-21-23-25-27-29-31-33-35-43(47)53-41(37-45)39-51-54(48,49)50-38-40(36-44)52-42(46)34-32-30-28-26-24-22-20-18-16-14-12-10-8-6-4-2/h12-15,18-21,40-41,44-45H,3-11,16-17,22-39H2,1-2H3,(H,48,49)/b14-12-,15-13-,20-18-,21-19-. The van der Waals surface area contributed by atoms with Gasteiger partial charge in [-0.15, -0.1) is 0 Å². The lowest BCUT2D eigenvalue weighted by Crippen LogP contribution is -2.28. The lowest BCUT2D eigenvalue weighted by molar-refractivity contribution is -0.153. The summed E-state index contributed by atoms with van der Waals surface area (Å²) in [5, 5.41) is 19.1. The molecule has 0 aliphatic carbocycles. The van der Waals surface area contributed by atoms with Crippen LogP contribution in [0.15, 0.2) is 48.6 Å². The van der Waals surface area contributed by atoms with Crippen molar-refractivity contribution in [3.8, 4) is 0 Å². The maximum absolute atomic E-state index is 12.3. The molecule has 0 saturated carbocycles. The number of phosphoric acid groups is 1. The number of aliphatic hydroxyl groups excluding tert-OH is 2. The van der Waals surface area contributed by atoms with Crippen molar-refractivity contribution in [3.63, 3.8) is 0 Å². The van der Waals surface area contributed by atoms with Crippen LogP contribution in [-0.4, -0.2) is 65.7 Å². The highest BCUT2D eigenvalue weighted by atomic mass is 31.2. The summed E-state index contributed by atoms with van der Waals surface area (Å²) in [4.78, 5) is 34.5. The van der Waals surface area contributed by atoms with Gasteiger partial charge in [0.25, 0.3) is 0 Å². The Balaban J connectivity index is 3.99. The van der Waals surface area contributed by atoms with E-state index in [1.165, 1.54) is 51.4 Å². The van der Waals surface area contributed by atoms with Crippen molar-refractivity contribution in [1.29, 1.82) is 0 Å². The van der Waals surface area contributed by atoms with Gasteiger partial charge in [-0.2, -0.15) is 0 Å². The van der Waals surface area contributed by atoms with Crippen LogP contribution < -0.4 is 0 Å². The van der Waals surface area contributed by atoms with E-state index in [1.807, 2.05) is 0 Å². The fourth-order valence-corrected chi connectivity index (χ4v) is 6.25. The Hall–Kier alpha value is -2.07. The smallest absolute Gasteiger partial charge is 0.457 e. The molecule has 0 aliphatic rings. The molecule has 0 rings (SSSR count). The monoisotopic (exact) mass is 785 g/mol. The molecule has 54 heavy (non-hydrogen) atoms. The van der Waals surface area contributed by atoms with E-state index < -0.39 is 58.4 Å². The van der Waals surface area contributed by atoms with Gasteiger partial charge in [0.05, 0.1) is 26.4 Å². The lowest BCUT2D eigenvalue weighted by Gasteiger charge is -2.20. The quantitative estimate of drug-likeness (QED) is 0.0238. The molecule has 3 unspecified atom stereocenters. The van der Waals surface area contributed by atoms with Crippen LogP contribution in [0.2, 0.25) is 0 Å². The van der Waals surface area contributed by atoms with E-state index in [4.69, 9.17) is 18.5 Å². The number of aliphatic hydroxyl groups is 2. The molecule has 0 aromatic rings. The van der Waals surface area contributed by atoms with Gasteiger partial charge in [-0.1, -0.05) is 133 Å². The van der Waals surface area contributed by atoms with E-state index in [-0.39, 0.29) is 12.8 Å². The van der Waals surface area contributed by atoms with Gasteiger partial charge < -0.3 is 24.6 Å². The van der Waals surface area contributed by atoms with E-state index in [2.05, 4.69) is 62.5 Å². The van der Waals surface area contributed by atoms with Crippen molar-refractivity contribution >= 4 is 19.8 Å². The molecule has 0 radical (unpaired) electrons. The van der Waals surface area contributed by atoms with Gasteiger partial charge in [-0.3, -0.25) is 18.6 Å². The van der Waals surface area contributed by atoms with E-state index in [1.54, 1.807) is 0 Å². The summed E-state index contributed by atoms with van der Waals surface area (Å²) in [6.45, 7) is 2.12. The Labute approximate surface area is 328 Å². The van der Waals surface area contributed by atoms with Crippen LogP contribution in [-0.2, 0) is 32.7 Å². The van der Waals surface area contributed by atoms with Gasteiger partial charge in [-0.05, 0) is 77.0 Å². The zero-order valence-electron chi connectivity index (χ0n) is 33.9. The first-order chi connectivity index (χ1) is 26.3. The number of carbonyl (C=O) groups excluding carboxylic acids is 2. The molecule has 3 atom stereocenters. The number of ether oxygens (including phenoxy) is 2. The molecule has 0 heterocycles. The first-order valence-corrected chi connectivity index (χ1v) is 22.6. The van der Waals surface area contributed by atoms with Crippen molar-refractivity contribution < 1.29 is 47.8 Å². The van der Waals surface area contributed by atoms with Gasteiger partial charge in [-0.25, -0.2) is 4.57 Å². The molecule has 314 valence electrons. The van der Waals surface area contributed by atoms with E-state index in [0.717, 1.165) is 83.5 Å². The Bertz CT molecular complexity index is 1040. The predicted octanol–water partition coefficient (Wildman–Crippen LogP) is 10.9. The Kier molecular flexibility index (Phi) is 37.7. The number of rotatable bonds is 39. The van der Waals surface area contributed by atoms with E-state index in [9.17, 15) is 29.3 Å². The number of hydrogen-bond acceptors (Lipinski definition) is 9. The predicted molar refractivity (Wildman–Crippen MR) is 219 cm³/mol. The third-order valence-electron chi connectivity index (χ3n) is 8.76. The first-order valence-electron chi connectivity index (χ1n) is 21.1. The number of allylic oxidation sites excluding steroid dienone is 8. The van der Waals surface area contributed by atoms with Crippen LogP contribution in [0.1, 0.15) is 174 Å². The van der Waals surface area contributed by atoms with Crippen molar-refractivity contribution in [3.05, 3.63) is 48.6 Å². The minimum atomic E-state index is -4.64. The molecule has 0 aromatic heterocycles. The van der Waals surface area contributed by atoms with Gasteiger partial charge in [0.1, 0.15) is 12.2 Å². The number of unbranched alkanes of at least 4 members (excludes halogenated alkanes) is 17. The average molecular weight is 785 g/mol. The van der Waals surface area contributed by atoms with Crippen LogP contribution in [0.25, 0.3) is 0 Å². The van der Waals surface area contributed by atoms with Crippen LogP contribution in [0, 0.1) is 0 Å². The summed E-state index contributed by atoms with van der Waals surface area (Å²) in [5.74, 6) is -1.05. The fraction of sp³-hybridized carbons (Fsp3) is 0.767. The van der Waals surface area contributed by atoms with E-state index in [0.29, 0.717) is 12.8 Å². The third-order valence-corrected chi connectivity index (χ3v) is 9.71.